The summed E-state index contributed by atoms with van der Waals surface area (Å²) in [5.41, 5.74) is 1.35. The molecule has 1 aliphatic carbocycles. The average molecular weight is 186 g/mol. The molecule has 0 saturated heterocycles. The predicted molar refractivity (Wildman–Crippen MR) is 55.3 cm³/mol. The molecular formula is C11H10N2O. The van der Waals surface area contributed by atoms with Gasteiger partial charge < -0.3 is 0 Å². The molecule has 0 spiro atoms. The Morgan fingerprint density at radius 1 is 1.36 bits per heavy atom. The number of aromatic nitrogens is 2. The lowest BCUT2D eigenvalue weighted by atomic mass is 10.3. The van der Waals surface area contributed by atoms with Crippen LogP contribution in [0.15, 0.2) is 47.8 Å². The zero-order chi connectivity index (χ0) is 9.97. The van der Waals surface area contributed by atoms with Gasteiger partial charge in [0.25, 0.3) is 0 Å². The van der Waals surface area contributed by atoms with E-state index in [1.54, 1.807) is 10.6 Å². The molecule has 0 aromatic rings. The molecule has 0 saturated carbocycles. The van der Waals surface area contributed by atoms with E-state index in [-0.39, 0.29) is 5.69 Å². The highest BCUT2D eigenvalue weighted by Crippen LogP contribution is 2.15. The fourth-order valence-corrected chi connectivity index (χ4v) is 1.42. The molecular weight excluding hydrogens is 176 g/mol. The smallest absolute Gasteiger partial charge is 0.287 e. The van der Waals surface area contributed by atoms with Gasteiger partial charge in [-0.15, -0.1) is 6.58 Å². The third-order valence-corrected chi connectivity index (χ3v) is 2.04. The summed E-state index contributed by atoms with van der Waals surface area (Å²) in [5.74, 6) is 0. The zero-order valence-corrected chi connectivity index (χ0v) is 7.68. The normalized spacial score (nSPS) is 10.3. The molecule has 0 radical (unpaired) electrons. The standard InChI is InChI=1S/C11H10N2O/c1-2-8-13-10-7-5-3-4-6-9(10)12-11(13)14/h2-7H,1,8H2. The van der Waals surface area contributed by atoms with E-state index in [1.165, 1.54) is 0 Å². The second-order valence-corrected chi connectivity index (χ2v) is 2.97. The van der Waals surface area contributed by atoms with Gasteiger partial charge in [0, 0.05) is 6.54 Å². The summed E-state index contributed by atoms with van der Waals surface area (Å²) < 4.78 is 1.60. The third kappa shape index (κ3) is 1.33. The van der Waals surface area contributed by atoms with Crippen LogP contribution in [0.2, 0.25) is 0 Å². The van der Waals surface area contributed by atoms with Crippen molar-refractivity contribution < 1.29 is 0 Å². The number of hydrogen-bond donors (Lipinski definition) is 0. The molecule has 2 rings (SSSR count). The second kappa shape index (κ2) is 3.46. The molecule has 3 heteroatoms. The van der Waals surface area contributed by atoms with Crippen LogP contribution in [-0.4, -0.2) is 9.55 Å². The van der Waals surface area contributed by atoms with Crippen molar-refractivity contribution in [3.05, 3.63) is 53.5 Å². The summed E-state index contributed by atoms with van der Waals surface area (Å²) in [5, 5.41) is 0. The molecule has 0 bridgehead atoms. The molecule has 0 unspecified atom stereocenters. The first-order valence-corrected chi connectivity index (χ1v) is 4.39. The number of rotatable bonds is 2. The monoisotopic (exact) mass is 186 g/mol. The molecule has 2 aliphatic rings. The van der Waals surface area contributed by atoms with Crippen molar-refractivity contribution in [2.24, 2.45) is 0 Å². The lowest BCUT2D eigenvalue weighted by molar-refractivity contribution is 0.794. The minimum atomic E-state index is -0.217. The van der Waals surface area contributed by atoms with Gasteiger partial charge >= 0.3 is 5.69 Å². The molecule has 0 fully saturated rings. The van der Waals surface area contributed by atoms with Crippen LogP contribution in [0.5, 0.6) is 0 Å². The summed E-state index contributed by atoms with van der Waals surface area (Å²) in [6, 6.07) is 9.38. The Bertz CT molecular complexity index is 487. The summed E-state index contributed by atoms with van der Waals surface area (Å²) in [4.78, 5) is 15.4. The molecule has 14 heavy (non-hydrogen) atoms. The van der Waals surface area contributed by atoms with Crippen molar-refractivity contribution in [3.8, 4) is 11.4 Å². The molecule has 0 amide bonds. The summed E-state index contributed by atoms with van der Waals surface area (Å²) in [7, 11) is 0. The van der Waals surface area contributed by atoms with Crippen LogP contribution in [-0.2, 0) is 6.54 Å². The Morgan fingerprint density at radius 3 is 2.93 bits per heavy atom. The van der Waals surface area contributed by atoms with Gasteiger partial charge in [-0.3, -0.25) is 4.57 Å². The first-order chi connectivity index (χ1) is 6.83. The lowest BCUT2D eigenvalue weighted by Gasteiger charge is -1.98. The van der Waals surface area contributed by atoms with Crippen molar-refractivity contribution in [2.45, 2.75) is 6.54 Å². The van der Waals surface area contributed by atoms with Crippen molar-refractivity contribution >= 4 is 0 Å². The quantitative estimate of drug-likeness (QED) is 0.667. The highest BCUT2D eigenvalue weighted by Gasteiger charge is 2.10. The molecule has 0 aromatic carbocycles. The van der Waals surface area contributed by atoms with Gasteiger partial charge in [0.05, 0.1) is 11.4 Å². The number of allylic oxidation sites excluding steroid dienone is 1. The number of imidazole rings is 1. The molecule has 1 aliphatic heterocycles. The van der Waals surface area contributed by atoms with Gasteiger partial charge in [-0.2, -0.15) is 4.98 Å². The van der Waals surface area contributed by atoms with Crippen LogP contribution in [0.3, 0.4) is 0 Å². The molecule has 1 heterocycles. The first-order valence-electron chi connectivity index (χ1n) is 4.39. The van der Waals surface area contributed by atoms with Crippen molar-refractivity contribution in [1.82, 2.24) is 9.55 Å². The number of fused-ring (bicyclic) bond motifs is 1. The van der Waals surface area contributed by atoms with E-state index >= 15 is 0 Å². The van der Waals surface area contributed by atoms with Crippen LogP contribution in [0.4, 0.5) is 0 Å². The van der Waals surface area contributed by atoms with E-state index in [0.29, 0.717) is 6.54 Å². The summed E-state index contributed by atoms with van der Waals surface area (Å²) in [6.45, 7) is 4.11. The van der Waals surface area contributed by atoms with Gasteiger partial charge in [-0.05, 0) is 12.1 Å². The van der Waals surface area contributed by atoms with Gasteiger partial charge in [-0.25, -0.2) is 4.79 Å². The Morgan fingerprint density at radius 2 is 2.14 bits per heavy atom. The third-order valence-electron chi connectivity index (χ3n) is 2.04. The molecule has 0 N–H and O–H groups in total. The largest absolute Gasteiger partial charge is 0.348 e. The highest BCUT2D eigenvalue weighted by molar-refractivity contribution is 5.55. The molecule has 0 aromatic heterocycles. The molecule has 0 atom stereocenters. The maximum atomic E-state index is 11.4. The minimum absolute atomic E-state index is 0.217. The summed E-state index contributed by atoms with van der Waals surface area (Å²) >= 11 is 0. The van der Waals surface area contributed by atoms with E-state index < -0.39 is 0 Å². The second-order valence-electron chi connectivity index (χ2n) is 2.97. The van der Waals surface area contributed by atoms with Crippen LogP contribution >= 0.6 is 0 Å². The van der Waals surface area contributed by atoms with Gasteiger partial charge in [-0.1, -0.05) is 24.3 Å². The Kier molecular flexibility index (Phi) is 2.14. The highest BCUT2D eigenvalue weighted by atomic mass is 16.1. The maximum Gasteiger partial charge on any atom is 0.348 e. The fraction of sp³-hybridized carbons (Fsp3) is 0.0909. The van der Waals surface area contributed by atoms with E-state index in [0.717, 1.165) is 11.4 Å². The van der Waals surface area contributed by atoms with E-state index in [1.807, 2.05) is 30.3 Å². The molecule has 70 valence electrons. The SMILES string of the molecule is C=CCn1c2cccccc-2nc1=O. The summed E-state index contributed by atoms with van der Waals surface area (Å²) in [6.07, 6.45) is 1.69. The van der Waals surface area contributed by atoms with Crippen molar-refractivity contribution in [3.63, 3.8) is 0 Å². The minimum Gasteiger partial charge on any atom is -0.287 e. The van der Waals surface area contributed by atoms with Gasteiger partial charge in [0.1, 0.15) is 0 Å². The van der Waals surface area contributed by atoms with E-state index in [4.69, 9.17) is 0 Å². The van der Waals surface area contributed by atoms with Gasteiger partial charge in [0.2, 0.25) is 0 Å². The van der Waals surface area contributed by atoms with Crippen molar-refractivity contribution in [1.29, 1.82) is 0 Å². The van der Waals surface area contributed by atoms with E-state index in [9.17, 15) is 4.79 Å². The predicted octanol–water partition coefficient (Wildman–Crippen LogP) is 1.53. The maximum absolute atomic E-state index is 11.4. The Labute approximate surface area is 81.7 Å². The van der Waals surface area contributed by atoms with Crippen LogP contribution in [0.25, 0.3) is 11.4 Å². The van der Waals surface area contributed by atoms with Crippen LogP contribution in [0, 0.1) is 0 Å². The first kappa shape index (κ1) is 8.69. The van der Waals surface area contributed by atoms with E-state index in [2.05, 4.69) is 11.6 Å². The number of hydrogen-bond acceptors (Lipinski definition) is 2. The lowest BCUT2D eigenvalue weighted by Crippen LogP contribution is -2.15. The van der Waals surface area contributed by atoms with Crippen LogP contribution < -0.4 is 5.69 Å². The Balaban J connectivity index is 2.71. The molecule has 3 nitrogen and oxygen atoms in total. The number of nitrogens with zero attached hydrogens (tertiary/aromatic N) is 2. The Hall–Kier alpha value is -1.90. The topological polar surface area (TPSA) is 34.9 Å². The zero-order valence-electron chi connectivity index (χ0n) is 7.68. The van der Waals surface area contributed by atoms with Crippen molar-refractivity contribution in [2.75, 3.05) is 0 Å². The fourth-order valence-electron chi connectivity index (χ4n) is 1.42. The van der Waals surface area contributed by atoms with Crippen LogP contribution in [0.1, 0.15) is 0 Å². The average Bonchev–Trinajstić information content (AvgIpc) is 2.39. The van der Waals surface area contributed by atoms with Gasteiger partial charge in [0.15, 0.2) is 0 Å².